The third kappa shape index (κ3) is 3.35. The average molecular weight is 193 g/mol. The second-order valence-corrected chi connectivity index (χ2v) is 4.66. The van der Waals surface area contributed by atoms with Crippen LogP contribution in [0.5, 0.6) is 0 Å². The Bertz CT molecular complexity index is 196. The van der Waals surface area contributed by atoms with Crippen LogP contribution in [0.3, 0.4) is 0 Å². The highest BCUT2D eigenvalue weighted by Gasteiger charge is 2.23. The predicted molar refractivity (Wildman–Crippen MR) is 62.2 cm³/mol. The van der Waals surface area contributed by atoms with Gasteiger partial charge in [-0.05, 0) is 26.2 Å². The SMILES string of the molecule is C#CC(C)(CC)NC1CCCCCC1. The minimum absolute atomic E-state index is 0.0883. The predicted octanol–water partition coefficient (Wildman–Crippen LogP) is 3.10. The van der Waals surface area contributed by atoms with Crippen LogP contribution in [-0.2, 0) is 0 Å². The summed E-state index contributed by atoms with van der Waals surface area (Å²) in [5.74, 6) is 2.88. The molecule has 1 nitrogen and oxygen atoms in total. The van der Waals surface area contributed by atoms with Crippen LogP contribution in [0.15, 0.2) is 0 Å². The van der Waals surface area contributed by atoms with Gasteiger partial charge in [0.1, 0.15) is 0 Å². The molecule has 1 fully saturated rings. The van der Waals surface area contributed by atoms with Crippen LogP contribution in [-0.4, -0.2) is 11.6 Å². The standard InChI is InChI=1S/C13H23N/c1-4-13(3,5-2)14-12-10-8-6-7-9-11-12/h1,12,14H,5-11H2,2-3H3. The Balaban J connectivity index is 2.45. The highest BCUT2D eigenvalue weighted by atomic mass is 15.0. The molecule has 0 aromatic rings. The lowest BCUT2D eigenvalue weighted by molar-refractivity contribution is 0.346. The maximum absolute atomic E-state index is 5.56. The summed E-state index contributed by atoms with van der Waals surface area (Å²) in [5, 5.41) is 3.64. The summed E-state index contributed by atoms with van der Waals surface area (Å²) in [7, 11) is 0. The molecule has 0 saturated heterocycles. The molecule has 1 unspecified atom stereocenters. The van der Waals surface area contributed by atoms with E-state index in [1.165, 1.54) is 38.5 Å². The van der Waals surface area contributed by atoms with Gasteiger partial charge in [0.15, 0.2) is 0 Å². The minimum Gasteiger partial charge on any atom is -0.299 e. The molecule has 0 radical (unpaired) electrons. The molecular formula is C13H23N. The Kier molecular flexibility index (Phi) is 4.48. The van der Waals surface area contributed by atoms with E-state index in [0.29, 0.717) is 6.04 Å². The van der Waals surface area contributed by atoms with E-state index in [9.17, 15) is 0 Å². The van der Waals surface area contributed by atoms with E-state index in [1.54, 1.807) is 0 Å². The Morgan fingerprint density at radius 1 is 1.29 bits per heavy atom. The molecular weight excluding hydrogens is 170 g/mol. The van der Waals surface area contributed by atoms with Gasteiger partial charge in [0.2, 0.25) is 0 Å². The van der Waals surface area contributed by atoms with Crippen LogP contribution in [0.1, 0.15) is 58.8 Å². The number of hydrogen-bond acceptors (Lipinski definition) is 1. The van der Waals surface area contributed by atoms with Gasteiger partial charge in [-0.2, -0.15) is 0 Å². The van der Waals surface area contributed by atoms with Gasteiger partial charge in [0, 0.05) is 6.04 Å². The monoisotopic (exact) mass is 193 g/mol. The van der Waals surface area contributed by atoms with E-state index in [0.717, 1.165) is 6.42 Å². The third-order valence-corrected chi connectivity index (χ3v) is 3.40. The smallest absolute Gasteiger partial charge is 0.0769 e. The van der Waals surface area contributed by atoms with Crippen molar-refractivity contribution in [1.29, 1.82) is 0 Å². The van der Waals surface area contributed by atoms with Crippen molar-refractivity contribution < 1.29 is 0 Å². The first kappa shape index (κ1) is 11.6. The molecule has 1 aliphatic carbocycles. The second-order valence-electron chi connectivity index (χ2n) is 4.66. The molecule has 1 heteroatoms. The molecule has 1 saturated carbocycles. The summed E-state index contributed by atoms with van der Waals surface area (Å²) in [4.78, 5) is 0. The van der Waals surface area contributed by atoms with Crippen LogP contribution >= 0.6 is 0 Å². The number of rotatable bonds is 3. The first-order valence-electron chi connectivity index (χ1n) is 5.95. The first-order valence-corrected chi connectivity index (χ1v) is 5.95. The van der Waals surface area contributed by atoms with E-state index in [2.05, 4.69) is 25.1 Å². The third-order valence-electron chi connectivity index (χ3n) is 3.40. The second kappa shape index (κ2) is 5.41. The van der Waals surface area contributed by atoms with Crippen molar-refractivity contribution in [3.63, 3.8) is 0 Å². The fourth-order valence-electron chi connectivity index (χ4n) is 2.12. The molecule has 0 aromatic carbocycles. The number of hydrogen-bond donors (Lipinski definition) is 1. The molecule has 1 aliphatic rings. The maximum Gasteiger partial charge on any atom is 0.0769 e. The van der Waals surface area contributed by atoms with E-state index in [-0.39, 0.29) is 5.54 Å². The maximum atomic E-state index is 5.56. The molecule has 0 spiro atoms. The zero-order valence-electron chi connectivity index (χ0n) is 9.60. The van der Waals surface area contributed by atoms with Crippen molar-refractivity contribution in [2.45, 2.75) is 70.4 Å². The Morgan fingerprint density at radius 3 is 2.29 bits per heavy atom. The molecule has 1 rings (SSSR count). The molecule has 1 N–H and O–H groups in total. The lowest BCUT2D eigenvalue weighted by atomic mass is 9.96. The van der Waals surface area contributed by atoms with Gasteiger partial charge in [-0.25, -0.2) is 0 Å². The normalized spacial score (nSPS) is 23.5. The van der Waals surface area contributed by atoms with Crippen molar-refractivity contribution in [2.75, 3.05) is 0 Å². The molecule has 80 valence electrons. The highest BCUT2D eigenvalue weighted by molar-refractivity contribution is 5.10. The van der Waals surface area contributed by atoms with E-state index in [4.69, 9.17) is 6.42 Å². The number of nitrogens with one attached hydrogen (secondary N) is 1. The summed E-state index contributed by atoms with van der Waals surface area (Å²) < 4.78 is 0. The molecule has 0 aromatic heterocycles. The topological polar surface area (TPSA) is 12.0 Å². The van der Waals surface area contributed by atoms with Gasteiger partial charge < -0.3 is 0 Å². The summed E-state index contributed by atoms with van der Waals surface area (Å²) in [6, 6.07) is 0.651. The van der Waals surface area contributed by atoms with Crippen molar-refractivity contribution in [3.05, 3.63) is 0 Å². The lowest BCUT2D eigenvalue weighted by Crippen LogP contribution is -2.46. The molecule has 0 bridgehead atoms. The summed E-state index contributed by atoms with van der Waals surface area (Å²) in [5.41, 5.74) is -0.0883. The zero-order valence-corrected chi connectivity index (χ0v) is 9.60. The van der Waals surface area contributed by atoms with Gasteiger partial charge in [0.05, 0.1) is 5.54 Å². The fraction of sp³-hybridized carbons (Fsp3) is 0.846. The summed E-state index contributed by atoms with van der Waals surface area (Å²) >= 11 is 0. The van der Waals surface area contributed by atoms with Crippen molar-refractivity contribution in [2.24, 2.45) is 0 Å². The van der Waals surface area contributed by atoms with Gasteiger partial charge in [0.25, 0.3) is 0 Å². The average Bonchev–Trinajstić information content (AvgIpc) is 2.46. The van der Waals surface area contributed by atoms with Crippen molar-refractivity contribution in [1.82, 2.24) is 5.32 Å². The molecule has 0 heterocycles. The van der Waals surface area contributed by atoms with Crippen LogP contribution in [0.2, 0.25) is 0 Å². The van der Waals surface area contributed by atoms with Crippen LogP contribution < -0.4 is 5.32 Å². The Labute approximate surface area is 88.7 Å². The van der Waals surface area contributed by atoms with Gasteiger partial charge in [-0.1, -0.05) is 38.5 Å². The van der Waals surface area contributed by atoms with Gasteiger partial charge in [-0.15, -0.1) is 6.42 Å². The molecule has 0 aliphatic heterocycles. The van der Waals surface area contributed by atoms with Crippen molar-refractivity contribution in [3.8, 4) is 12.3 Å². The summed E-state index contributed by atoms with van der Waals surface area (Å²) in [6.45, 7) is 4.29. The van der Waals surface area contributed by atoms with Crippen LogP contribution in [0.25, 0.3) is 0 Å². The molecule has 14 heavy (non-hydrogen) atoms. The quantitative estimate of drug-likeness (QED) is 0.536. The summed E-state index contributed by atoms with van der Waals surface area (Å²) in [6.07, 6.45) is 14.7. The fourth-order valence-corrected chi connectivity index (χ4v) is 2.12. The molecule has 1 atom stereocenters. The highest BCUT2D eigenvalue weighted by Crippen LogP contribution is 2.20. The van der Waals surface area contributed by atoms with Gasteiger partial charge >= 0.3 is 0 Å². The lowest BCUT2D eigenvalue weighted by Gasteiger charge is -2.29. The van der Waals surface area contributed by atoms with E-state index >= 15 is 0 Å². The van der Waals surface area contributed by atoms with E-state index < -0.39 is 0 Å². The van der Waals surface area contributed by atoms with E-state index in [1.807, 2.05) is 0 Å². The Hall–Kier alpha value is -0.480. The van der Waals surface area contributed by atoms with Crippen LogP contribution in [0, 0.1) is 12.3 Å². The number of terminal acetylenes is 1. The van der Waals surface area contributed by atoms with Crippen molar-refractivity contribution >= 4 is 0 Å². The Morgan fingerprint density at radius 2 is 1.86 bits per heavy atom. The zero-order chi connectivity index (χ0) is 10.4. The molecule has 0 amide bonds. The van der Waals surface area contributed by atoms with Gasteiger partial charge in [-0.3, -0.25) is 5.32 Å². The minimum atomic E-state index is -0.0883. The first-order chi connectivity index (χ1) is 6.70. The van der Waals surface area contributed by atoms with Crippen LogP contribution in [0.4, 0.5) is 0 Å². The largest absolute Gasteiger partial charge is 0.299 e.